The summed E-state index contributed by atoms with van der Waals surface area (Å²) in [6.07, 6.45) is -0.260. The van der Waals surface area contributed by atoms with Crippen LogP contribution in [0.2, 0.25) is 0 Å². The van der Waals surface area contributed by atoms with Crippen LogP contribution >= 0.6 is 0 Å². The number of para-hydroxylation sites is 1. The zero-order chi connectivity index (χ0) is 32.3. The molecule has 2 atom stereocenters. The molecule has 3 aromatic carbocycles. The predicted octanol–water partition coefficient (Wildman–Crippen LogP) is 7.57. The van der Waals surface area contributed by atoms with Gasteiger partial charge in [0, 0.05) is 23.5 Å². The van der Waals surface area contributed by atoms with E-state index in [1.165, 1.54) is 12.1 Å². The second kappa shape index (κ2) is 16.2. The van der Waals surface area contributed by atoms with Crippen LogP contribution in [0.5, 0.6) is 0 Å². The number of carbonyl (C=O) groups is 2. The van der Waals surface area contributed by atoms with Crippen molar-refractivity contribution >= 4 is 17.6 Å². The molecule has 0 aliphatic rings. The second-order valence-corrected chi connectivity index (χ2v) is 11.6. The first-order chi connectivity index (χ1) is 21.7. The van der Waals surface area contributed by atoms with Crippen LogP contribution in [0.4, 0.5) is 10.1 Å². The van der Waals surface area contributed by atoms with Gasteiger partial charge in [0.05, 0.1) is 36.5 Å². The van der Waals surface area contributed by atoms with Crippen molar-refractivity contribution in [2.45, 2.75) is 77.5 Å². The lowest BCUT2D eigenvalue weighted by molar-refractivity contribution is -0.146. The lowest BCUT2D eigenvalue weighted by atomic mass is 9.94. The minimum absolute atomic E-state index is 0.0000668. The molecule has 0 fully saturated rings. The van der Waals surface area contributed by atoms with Crippen molar-refractivity contribution in [3.05, 3.63) is 102 Å². The maximum absolute atomic E-state index is 14.2. The Hall–Kier alpha value is -4.27. The van der Waals surface area contributed by atoms with Gasteiger partial charge < -0.3 is 24.8 Å². The molecule has 0 spiro atoms. The van der Waals surface area contributed by atoms with E-state index < -0.39 is 18.2 Å². The summed E-state index contributed by atoms with van der Waals surface area (Å²) in [6, 6.07) is 25.0. The molecule has 0 radical (unpaired) electrons. The summed E-state index contributed by atoms with van der Waals surface area (Å²) in [6.45, 7) is 6.65. The number of benzene rings is 3. The van der Waals surface area contributed by atoms with Gasteiger partial charge >= 0.3 is 5.97 Å². The van der Waals surface area contributed by atoms with Gasteiger partial charge in [-0.25, -0.2) is 4.39 Å². The van der Waals surface area contributed by atoms with E-state index in [4.69, 9.17) is 4.74 Å². The number of aliphatic hydroxyl groups excluding tert-OH is 2. The molecule has 238 valence electrons. The monoisotopic (exact) mass is 614 g/mol. The number of carbonyl (C=O) groups excluding carboxylic acids is 2. The smallest absolute Gasteiger partial charge is 0.308 e. The summed E-state index contributed by atoms with van der Waals surface area (Å²) in [5.41, 5.74) is 4.93. The Morgan fingerprint density at radius 3 is 2.16 bits per heavy atom. The largest absolute Gasteiger partial charge is 0.466 e. The normalized spacial score (nSPS) is 12.6. The fraction of sp³-hybridized carbons (Fsp3) is 0.351. The van der Waals surface area contributed by atoms with Crippen molar-refractivity contribution < 1.29 is 28.9 Å². The summed E-state index contributed by atoms with van der Waals surface area (Å²) in [5.74, 6) is -1.24. The fourth-order valence-corrected chi connectivity index (χ4v) is 5.58. The SMILES string of the molecule is CCCCOC(=O)C[C@@H](O)C[C@@H](O)CCn1c(-c2ccc(F)cc2)c(-c2ccccc2)c(C(=O)Nc2ccccc2)c1C(C)C. The first-order valence-electron chi connectivity index (χ1n) is 15.6. The Bertz CT molecular complexity index is 1530. The summed E-state index contributed by atoms with van der Waals surface area (Å²) >= 11 is 0. The molecule has 45 heavy (non-hydrogen) atoms. The number of nitrogens with one attached hydrogen (secondary N) is 1. The summed E-state index contributed by atoms with van der Waals surface area (Å²) in [5, 5.41) is 24.5. The van der Waals surface area contributed by atoms with Gasteiger partial charge in [0.25, 0.3) is 5.91 Å². The van der Waals surface area contributed by atoms with E-state index in [9.17, 15) is 24.2 Å². The lowest BCUT2D eigenvalue weighted by Crippen LogP contribution is -2.23. The van der Waals surface area contributed by atoms with Crippen LogP contribution in [0.1, 0.15) is 74.8 Å². The molecule has 0 saturated heterocycles. The van der Waals surface area contributed by atoms with E-state index in [1.807, 2.05) is 86.0 Å². The molecule has 1 heterocycles. The fourth-order valence-electron chi connectivity index (χ4n) is 5.58. The Morgan fingerprint density at radius 1 is 0.889 bits per heavy atom. The topological polar surface area (TPSA) is 101 Å². The minimum Gasteiger partial charge on any atom is -0.466 e. The molecule has 0 unspecified atom stereocenters. The highest BCUT2D eigenvalue weighted by atomic mass is 19.1. The predicted molar refractivity (Wildman–Crippen MR) is 175 cm³/mol. The summed E-state index contributed by atoms with van der Waals surface area (Å²) in [4.78, 5) is 26.2. The first-order valence-corrected chi connectivity index (χ1v) is 15.6. The van der Waals surface area contributed by atoms with Crippen LogP contribution in [0.25, 0.3) is 22.4 Å². The molecule has 8 heteroatoms. The van der Waals surface area contributed by atoms with Crippen LogP contribution in [0.15, 0.2) is 84.9 Å². The Labute approximate surface area is 264 Å². The van der Waals surface area contributed by atoms with Crippen molar-refractivity contribution in [3.8, 4) is 22.4 Å². The molecular formula is C37H43FN2O5. The summed E-state index contributed by atoms with van der Waals surface area (Å²) < 4.78 is 21.3. The molecule has 1 aromatic heterocycles. The number of hydrogen-bond acceptors (Lipinski definition) is 5. The number of rotatable bonds is 15. The molecular weight excluding hydrogens is 571 g/mol. The number of aromatic nitrogens is 1. The van der Waals surface area contributed by atoms with Gasteiger partial charge in [-0.05, 0) is 72.7 Å². The van der Waals surface area contributed by atoms with E-state index >= 15 is 0 Å². The molecule has 4 rings (SSSR count). The van der Waals surface area contributed by atoms with Crippen molar-refractivity contribution in [1.82, 2.24) is 4.57 Å². The number of halogens is 1. The second-order valence-electron chi connectivity index (χ2n) is 11.6. The van der Waals surface area contributed by atoms with Gasteiger partial charge in [-0.1, -0.05) is 75.7 Å². The standard InChI is InChI=1S/C37H43FN2O5/c1-4-5-22-45-32(43)24-31(42)23-30(41)20-21-40-35(25(2)3)34(37(44)39-29-14-10-7-11-15-29)33(26-12-8-6-9-13-26)36(40)27-16-18-28(38)19-17-27/h6-19,25,30-31,41-42H,4-5,20-24H2,1-3H3,(H,39,44)/t30-,31-/m0/s1. The van der Waals surface area contributed by atoms with Crippen molar-refractivity contribution in [1.29, 1.82) is 0 Å². The number of nitrogens with zero attached hydrogens (tertiary/aromatic N) is 1. The zero-order valence-electron chi connectivity index (χ0n) is 26.2. The molecule has 0 bridgehead atoms. The Morgan fingerprint density at radius 2 is 1.53 bits per heavy atom. The van der Waals surface area contributed by atoms with Gasteiger partial charge in [0.2, 0.25) is 0 Å². The number of unbranched alkanes of at least 4 members (excludes halogenated alkanes) is 1. The quantitative estimate of drug-likeness (QED) is 0.0947. The van der Waals surface area contributed by atoms with Gasteiger partial charge in [0.1, 0.15) is 5.82 Å². The van der Waals surface area contributed by atoms with E-state index in [-0.39, 0.29) is 36.9 Å². The highest BCUT2D eigenvalue weighted by Crippen LogP contribution is 2.42. The highest BCUT2D eigenvalue weighted by Gasteiger charge is 2.31. The molecule has 7 nitrogen and oxygen atoms in total. The van der Waals surface area contributed by atoms with E-state index in [0.717, 1.165) is 35.4 Å². The third-order valence-corrected chi connectivity index (χ3v) is 7.68. The minimum atomic E-state index is -1.05. The van der Waals surface area contributed by atoms with E-state index in [0.29, 0.717) is 30.0 Å². The van der Waals surface area contributed by atoms with E-state index in [1.54, 1.807) is 12.1 Å². The average molecular weight is 615 g/mol. The number of aliphatic hydroxyl groups is 2. The van der Waals surface area contributed by atoms with Crippen LogP contribution in [-0.4, -0.2) is 45.5 Å². The van der Waals surface area contributed by atoms with Crippen molar-refractivity contribution in [2.24, 2.45) is 0 Å². The lowest BCUT2D eigenvalue weighted by Gasteiger charge is -2.20. The third kappa shape index (κ3) is 8.90. The van der Waals surface area contributed by atoms with Crippen LogP contribution < -0.4 is 5.32 Å². The zero-order valence-corrected chi connectivity index (χ0v) is 26.2. The number of ether oxygens (including phenoxy) is 1. The molecule has 0 aliphatic carbocycles. The Balaban J connectivity index is 1.75. The molecule has 3 N–H and O–H groups in total. The van der Waals surface area contributed by atoms with Crippen molar-refractivity contribution in [3.63, 3.8) is 0 Å². The van der Waals surface area contributed by atoms with Crippen molar-refractivity contribution in [2.75, 3.05) is 11.9 Å². The number of anilines is 1. The number of esters is 1. The molecule has 0 saturated carbocycles. The van der Waals surface area contributed by atoms with Crippen LogP contribution in [0.3, 0.4) is 0 Å². The first kappa shape index (κ1) is 33.6. The van der Waals surface area contributed by atoms with E-state index in [2.05, 4.69) is 5.32 Å². The van der Waals surface area contributed by atoms with Gasteiger partial charge in [-0.15, -0.1) is 0 Å². The van der Waals surface area contributed by atoms with Crippen LogP contribution in [0, 0.1) is 5.82 Å². The molecule has 1 amide bonds. The maximum atomic E-state index is 14.2. The average Bonchev–Trinajstić information content (AvgIpc) is 3.37. The van der Waals surface area contributed by atoms with Gasteiger partial charge in [-0.3, -0.25) is 9.59 Å². The van der Waals surface area contributed by atoms with Gasteiger partial charge in [-0.2, -0.15) is 0 Å². The Kier molecular flexibility index (Phi) is 12.1. The molecule has 0 aliphatic heterocycles. The third-order valence-electron chi connectivity index (χ3n) is 7.68. The van der Waals surface area contributed by atoms with Crippen LogP contribution in [-0.2, 0) is 16.1 Å². The maximum Gasteiger partial charge on any atom is 0.308 e. The highest BCUT2D eigenvalue weighted by molar-refractivity contribution is 6.12. The number of amides is 1. The van der Waals surface area contributed by atoms with Gasteiger partial charge in [0.15, 0.2) is 0 Å². The number of hydrogen-bond donors (Lipinski definition) is 3. The molecule has 4 aromatic rings. The summed E-state index contributed by atoms with van der Waals surface area (Å²) in [7, 11) is 0.